The number of rotatable bonds is 6. The van der Waals surface area contributed by atoms with Gasteiger partial charge in [0.1, 0.15) is 6.04 Å². The molecule has 0 N–H and O–H groups in total. The van der Waals surface area contributed by atoms with Crippen LogP contribution in [0.15, 0.2) is 78.9 Å². The number of carbonyl (C=O) groups excluding carboxylic acids is 2. The number of nitro benzene ring substituents is 1. The predicted molar refractivity (Wildman–Crippen MR) is 132 cm³/mol. The van der Waals surface area contributed by atoms with Crippen molar-refractivity contribution in [2.45, 2.75) is 19.0 Å². The van der Waals surface area contributed by atoms with Gasteiger partial charge in [-0.25, -0.2) is 0 Å². The smallest absolute Gasteiger partial charge is 0.269 e. The molecule has 3 aromatic rings. The molecular formula is C27H26N4O4. The molecule has 3 aromatic carbocycles. The molecule has 0 bridgehead atoms. The molecule has 178 valence electrons. The van der Waals surface area contributed by atoms with Crippen LogP contribution >= 0.6 is 0 Å². The number of carbonyl (C=O) groups is 2. The predicted octanol–water partition coefficient (Wildman–Crippen LogP) is 3.51. The molecule has 0 spiro atoms. The van der Waals surface area contributed by atoms with Crippen LogP contribution in [0.4, 0.5) is 11.4 Å². The number of nitro groups is 1. The molecule has 8 heteroatoms. The summed E-state index contributed by atoms with van der Waals surface area (Å²) in [5, 5.41) is 10.9. The van der Waals surface area contributed by atoms with Crippen LogP contribution in [0.5, 0.6) is 0 Å². The molecule has 2 heterocycles. The van der Waals surface area contributed by atoms with E-state index in [9.17, 15) is 19.7 Å². The molecular weight excluding hydrogens is 444 g/mol. The third-order valence-corrected chi connectivity index (χ3v) is 6.80. The summed E-state index contributed by atoms with van der Waals surface area (Å²) in [4.78, 5) is 43.2. The van der Waals surface area contributed by atoms with E-state index in [1.165, 1.54) is 12.1 Å². The first-order valence-corrected chi connectivity index (χ1v) is 11.7. The zero-order valence-electron chi connectivity index (χ0n) is 19.2. The number of amides is 2. The third-order valence-electron chi connectivity index (χ3n) is 6.80. The maximum atomic E-state index is 13.8. The summed E-state index contributed by atoms with van der Waals surface area (Å²) >= 11 is 0. The lowest BCUT2D eigenvalue weighted by molar-refractivity contribution is -0.384. The largest absolute Gasteiger partial charge is 0.368 e. The summed E-state index contributed by atoms with van der Waals surface area (Å²) in [7, 11) is 0. The van der Waals surface area contributed by atoms with E-state index in [2.05, 4.69) is 4.90 Å². The molecule has 0 saturated carbocycles. The van der Waals surface area contributed by atoms with Crippen LogP contribution < -0.4 is 4.90 Å². The van der Waals surface area contributed by atoms with Crippen molar-refractivity contribution >= 4 is 23.2 Å². The molecule has 0 unspecified atom stereocenters. The van der Waals surface area contributed by atoms with Crippen molar-refractivity contribution in [1.29, 1.82) is 0 Å². The van der Waals surface area contributed by atoms with Crippen LogP contribution in [0.3, 0.4) is 0 Å². The van der Waals surface area contributed by atoms with Gasteiger partial charge in [-0.15, -0.1) is 0 Å². The van der Waals surface area contributed by atoms with Crippen molar-refractivity contribution in [1.82, 2.24) is 9.80 Å². The number of hydrogen-bond acceptors (Lipinski definition) is 5. The first-order valence-electron chi connectivity index (χ1n) is 11.7. The zero-order chi connectivity index (χ0) is 24.4. The molecule has 2 amide bonds. The first-order chi connectivity index (χ1) is 17.0. The van der Waals surface area contributed by atoms with Crippen LogP contribution in [-0.2, 0) is 17.8 Å². The summed E-state index contributed by atoms with van der Waals surface area (Å²) in [6, 6.07) is 23.2. The highest BCUT2D eigenvalue weighted by atomic mass is 16.6. The minimum absolute atomic E-state index is 0.0432. The van der Waals surface area contributed by atoms with E-state index in [-0.39, 0.29) is 17.5 Å². The second-order valence-corrected chi connectivity index (χ2v) is 8.88. The molecule has 0 radical (unpaired) electrons. The maximum Gasteiger partial charge on any atom is 0.269 e. The summed E-state index contributed by atoms with van der Waals surface area (Å²) < 4.78 is 0. The number of hydrogen-bond donors (Lipinski definition) is 0. The molecule has 0 aliphatic carbocycles. The van der Waals surface area contributed by atoms with Gasteiger partial charge in [0.15, 0.2) is 0 Å². The topological polar surface area (TPSA) is 87.0 Å². The highest BCUT2D eigenvalue weighted by Crippen LogP contribution is 2.27. The lowest BCUT2D eigenvalue weighted by Gasteiger charge is -2.39. The van der Waals surface area contributed by atoms with Gasteiger partial charge in [0.05, 0.1) is 4.92 Å². The fourth-order valence-electron chi connectivity index (χ4n) is 4.88. The van der Waals surface area contributed by atoms with Crippen molar-refractivity contribution in [3.05, 3.63) is 106 Å². The Labute approximate surface area is 203 Å². The number of piperazine rings is 1. The van der Waals surface area contributed by atoms with Gasteiger partial charge in [-0.1, -0.05) is 48.5 Å². The fourth-order valence-corrected chi connectivity index (χ4v) is 4.88. The van der Waals surface area contributed by atoms with Crippen molar-refractivity contribution < 1.29 is 14.5 Å². The Morgan fingerprint density at radius 1 is 0.886 bits per heavy atom. The SMILES string of the molecule is O=C([C@H](Cc1ccccc1)N1Cc2ccccc2C1=O)N1CCN(c2ccc([N+](=O)[O-])cc2)CC1. The van der Waals surface area contributed by atoms with Gasteiger partial charge in [0, 0.05) is 62.5 Å². The molecule has 1 saturated heterocycles. The molecule has 2 aliphatic heterocycles. The van der Waals surface area contributed by atoms with Gasteiger partial charge in [-0.3, -0.25) is 19.7 Å². The minimum atomic E-state index is -0.580. The number of anilines is 1. The summed E-state index contributed by atoms with van der Waals surface area (Å²) in [6.45, 7) is 2.72. The van der Waals surface area contributed by atoms with E-state index < -0.39 is 11.0 Å². The number of fused-ring (bicyclic) bond motifs is 1. The molecule has 5 rings (SSSR count). The Hall–Kier alpha value is -4.20. The van der Waals surface area contributed by atoms with E-state index in [1.807, 2.05) is 59.5 Å². The van der Waals surface area contributed by atoms with E-state index in [0.717, 1.165) is 16.8 Å². The van der Waals surface area contributed by atoms with E-state index in [0.29, 0.717) is 44.7 Å². The quantitative estimate of drug-likeness (QED) is 0.407. The van der Waals surface area contributed by atoms with Crippen LogP contribution in [0.1, 0.15) is 21.5 Å². The molecule has 2 aliphatic rings. The first kappa shape index (κ1) is 22.6. The van der Waals surface area contributed by atoms with Gasteiger partial charge in [0.25, 0.3) is 11.6 Å². The molecule has 1 fully saturated rings. The van der Waals surface area contributed by atoms with Gasteiger partial charge >= 0.3 is 0 Å². The third kappa shape index (κ3) is 4.59. The second-order valence-electron chi connectivity index (χ2n) is 8.88. The molecule has 1 atom stereocenters. The lowest BCUT2D eigenvalue weighted by Crippen LogP contribution is -2.55. The van der Waals surface area contributed by atoms with Gasteiger partial charge in [0.2, 0.25) is 5.91 Å². The molecule has 8 nitrogen and oxygen atoms in total. The van der Waals surface area contributed by atoms with E-state index in [4.69, 9.17) is 0 Å². The van der Waals surface area contributed by atoms with E-state index in [1.54, 1.807) is 17.0 Å². The van der Waals surface area contributed by atoms with Crippen molar-refractivity contribution in [3.63, 3.8) is 0 Å². The van der Waals surface area contributed by atoms with Crippen molar-refractivity contribution in [2.75, 3.05) is 31.1 Å². The van der Waals surface area contributed by atoms with Crippen LogP contribution in [0.2, 0.25) is 0 Å². The Balaban J connectivity index is 1.32. The van der Waals surface area contributed by atoms with Gasteiger partial charge in [-0.05, 0) is 29.3 Å². The Bertz CT molecular complexity index is 1240. The summed E-state index contributed by atoms with van der Waals surface area (Å²) in [5.41, 5.74) is 3.59. The average molecular weight is 471 g/mol. The van der Waals surface area contributed by atoms with Gasteiger partial charge < -0.3 is 14.7 Å². The Kier molecular flexibility index (Phi) is 6.18. The monoisotopic (exact) mass is 470 g/mol. The fraction of sp³-hybridized carbons (Fsp3) is 0.259. The number of non-ortho nitro benzene ring substituents is 1. The molecule has 0 aromatic heterocycles. The van der Waals surface area contributed by atoms with Crippen molar-refractivity contribution in [2.24, 2.45) is 0 Å². The van der Waals surface area contributed by atoms with E-state index >= 15 is 0 Å². The number of benzene rings is 3. The van der Waals surface area contributed by atoms with Crippen molar-refractivity contribution in [3.8, 4) is 0 Å². The Morgan fingerprint density at radius 3 is 2.20 bits per heavy atom. The zero-order valence-corrected chi connectivity index (χ0v) is 19.2. The van der Waals surface area contributed by atoms with Crippen LogP contribution in [-0.4, -0.2) is 58.8 Å². The normalized spacial score (nSPS) is 16.2. The minimum Gasteiger partial charge on any atom is -0.368 e. The van der Waals surface area contributed by atoms with Crippen LogP contribution in [0.25, 0.3) is 0 Å². The van der Waals surface area contributed by atoms with Gasteiger partial charge in [-0.2, -0.15) is 0 Å². The number of nitrogens with zero attached hydrogens (tertiary/aromatic N) is 4. The second kappa shape index (κ2) is 9.58. The maximum absolute atomic E-state index is 13.8. The lowest BCUT2D eigenvalue weighted by atomic mass is 10.0. The average Bonchev–Trinajstić information content (AvgIpc) is 3.24. The highest BCUT2D eigenvalue weighted by Gasteiger charge is 2.38. The summed E-state index contributed by atoms with van der Waals surface area (Å²) in [5.74, 6) is -0.141. The van der Waals surface area contributed by atoms with Crippen LogP contribution in [0, 0.1) is 10.1 Å². The summed E-state index contributed by atoms with van der Waals surface area (Å²) in [6.07, 6.45) is 0.460. The highest BCUT2D eigenvalue weighted by molar-refractivity contribution is 6.01. The standard InChI is InChI=1S/C27H26N4O4/c32-26-24-9-5-4-8-21(24)19-30(26)25(18-20-6-2-1-3-7-20)27(33)29-16-14-28(15-17-29)22-10-12-23(13-11-22)31(34)35/h1-13,25H,14-19H2/t25-/m0/s1. The molecule has 35 heavy (non-hydrogen) atoms. The Morgan fingerprint density at radius 2 is 1.54 bits per heavy atom.